The second-order valence-corrected chi connectivity index (χ2v) is 6.25. The van der Waals surface area contributed by atoms with Gasteiger partial charge in [-0.1, -0.05) is 5.16 Å². The SMILES string of the molecule is CCOC(=O)C1=NOC(CNC(=O)C2CCN(c3ncccn3)CC2)C1. The van der Waals surface area contributed by atoms with E-state index in [4.69, 9.17) is 9.57 Å². The summed E-state index contributed by atoms with van der Waals surface area (Å²) in [7, 11) is 0. The third-order valence-corrected chi connectivity index (χ3v) is 4.45. The molecule has 0 spiro atoms. The van der Waals surface area contributed by atoms with E-state index in [1.807, 2.05) is 0 Å². The maximum atomic E-state index is 12.4. The van der Waals surface area contributed by atoms with Crippen molar-refractivity contribution in [2.75, 3.05) is 31.1 Å². The van der Waals surface area contributed by atoms with Crippen LogP contribution in [-0.4, -0.2) is 59.9 Å². The van der Waals surface area contributed by atoms with Crippen LogP contribution in [0.1, 0.15) is 26.2 Å². The van der Waals surface area contributed by atoms with Gasteiger partial charge >= 0.3 is 5.97 Å². The van der Waals surface area contributed by atoms with Gasteiger partial charge in [-0.2, -0.15) is 0 Å². The zero-order valence-corrected chi connectivity index (χ0v) is 14.8. The number of hydrogen-bond acceptors (Lipinski definition) is 8. The van der Waals surface area contributed by atoms with Crippen LogP contribution in [0.4, 0.5) is 5.95 Å². The highest BCUT2D eigenvalue weighted by Crippen LogP contribution is 2.20. The van der Waals surface area contributed by atoms with Gasteiger partial charge in [0.15, 0.2) is 11.8 Å². The maximum Gasteiger partial charge on any atom is 0.356 e. The van der Waals surface area contributed by atoms with Gasteiger partial charge in [-0.25, -0.2) is 14.8 Å². The number of carbonyl (C=O) groups is 2. The van der Waals surface area contributed by atoms with Crippen LogP contribution >= 0.6 is 0 Å². The number of anilines is 1. The van der Waals surface area contributed by atoms with Crippen molar-refractivity contribution >= 4 is 23.5 Å². The fourth-order valence-corrected chi connectivity index (χ4v) is 3.03. The van der Waals surface area contributed by atoms with E-state index in [1.54, 1.807) is 25.4 Å². The van der Waals surface area contributed by atoms with Crippen molar-refractivity contribution in [3.05, 3.63) is 18.5 Å². The highest BCUT2D eigenvalue weighted by atomic mass is 16.6. The van der Waals surface area contributed by atoms with Crippen molar-refractivity contribution < 1.29 is 19.2 Å². The van der Waals surface area contributed by atoms with Gasteiger partial charge in [0.25, 0.3) is 0 Å². The number of esters is 1. The van der Waals surface area contributed by atoms with E-state index in [2.05, 4.69) is 25.3 Å². The third kappa shape index (κ3) is 4.47. The number of aromatic nitrogens is 2. The molecule has 2 aliphatic rings. The number of rotatable bonds is 6. The minimum Gasteiger partial charge on any atom is -0.461 e. The number of piperidine rings is 1. The number of hydrogen-bond donors (Lipinski definition) is 1. The Morgan fingerprint density at radius 3 is 2.73 bits per heavy atom. The molecule has 0 aromatic carbocycles. The zero-order chi connectivity index (χ0) is 18.4. The van der Waals surface area contributed by atoms with Crippen molar-refractivity contribution in [3.63, 3.8) is 0 Å². The molecule has 1 fully saturated rings. The van der Waals surface area contributed by atoms with E-state index in [0.717, 1.165) is 25.9 Å². The maximum absolute atomic E-state index is 12.4. The molecule has 1 unspecified atom stereocenters. The largest absolute Gasteiger partial charge is 0.461 e. The molecular weight excluding hydrogens is 338 g/mol. The highest BCUT2D eigenvalue weighted by Gasteiger charge is 2.30. The second kappa shape index (κ2) is 8.59. The Labute approximate surface area is 151 Å². The second-order valence-electron chi connectivity index (χ2n) is 6.25. The lowest BCUT2D eigenvalue weighted by Crippen LogP contribution is -2.43. The molecule has 2 aliphatic heterocycles. The molecule has 1 aromatic heterocycles. The van der Waals surface area contributed by atoms with E-state index >= 15 is 0 Å². The molecule has 1 saturated heterocycles. The summed E-state index contributed by atoms with van der Waals surface area (Å²) in [5.74, 6) is 0.208. The molecule has 9 nitrogen and oxygen atoms in total. The van der Waals surface area contributed by atoms with E-state index in [-0.39, 0.29) is 23.6 Å². The van der Waals surface area contributed by atoms with Gasteiger partial charge in [-0.3, -0.25) is 4.79 Å². The number of carbonyl (C=O) groups excluding carboxylic acids is 2. The predicted molar refractivity (Wildman–Crippen MR) is 93.5 cm³/mol. The Morgan fingerprint density at radius 1 is 1.31 bits per heavy atom. The van der Waals surface area contributed by atoms with Gasteiger partial charge in [-0.05, 0) is 25.8 Å². The fraction of sp³-hybridized carbons (Fsp3) is 0.588. The minimum atomic E-state index is -0.461. The van der Waals surface area contributed by atoms with Crippen LogP contribution in [0.5, 0.6) is 0 Å². The van der Waals surface area contributed by atoms with Crippen LogP contribution in [0.3, 0.4) is 0 Å². The van der Waals surface area contributed by atoms with Crippen LogP contribution in [0, 0.1) is 5.92 Å². The summed E-state index contributed by atoms with van der Waals surface area (Å²) in [6.45, 7) is 3.86. The number of nitrogens with zero attached hydrogens (tertiary/aromatic N) is 4. The molecule has 3 heterocycles. The van der Waals surface area contributed by atoms with Crippen molar-refractivity contribution in [2.24, 2.45) is 11.1 Å². The van der Waals surface area contributed by atoms with Crippen LogP contribution in [0.25, 0.3) is 0 Å². The quantitative estimate of drug-likeness (QED) is 0.736. The first kappa shape index (κ1) is 18.1. The molecule has 9 heteroatoms. The topological polar surface area (TPSA) is 106 Å². The van der Waals surface area contributed by atoms with Crippen LogP contribution in [-0.2, 0) is 19.2 Å². The first-order chi connectivity index (χ1) is 12.7. The first-order valence-corrected chi connectivity index (χ1v) is 8.87. The standard InChI is InChI=1S/C17H23N5O4/c1-2-25-16(24)14-10-13(26-21-14)11-20-15(23)12-4-8-22(9-5-12)17-18-6-3-7-19-17/h3,6-7,12-13H,2,4-5,8-11H2,1H3,(H,20,23). The lowest BCUT2D eigenvalue weighted by atomic mass is 9.96. The average molecular weight is 361 g/mol. The Balaban J connectivity index is 1.38. The smallest absolute Gasteiger partial charge is 0.356 e. The van der Waals surface area contributed by atoms with E-state index < -0.39 is 5.97 Å². The summed E-state index contributed by atoms with van der Waals surface area (Å²) in [5.41, 5.74) is 0.266. The van der Waals surface area contributed by atoms with Crippen LogP contribution in [0.2, 0.25) is 0 Å². The summed E-state index contributed by atoms with van der Waals surface area (Å²) >= 11 is 0. The highest BCUT2D eigenvalue weighted by molar-refractivity contribution is 6.36. The molecule has 0 saturated carbocycles. The molecule has 1 N–H and O–H groups in total. The Bertz CT molecular complexity index is 658. The van der Waals surface area contributed by atoms with Gasteiger partial charge in [-0.15, -0.1) is 0 Å². The number of oxime groups is 1. The number of amides is 1. The molecular formula is C17H23N5O4. The molecule has 140 valence electrons. The van der Waals surface area contributed by atoms with E-state index in [9.17, 15) is 9.59 Å². The number of ether oxygens (including phenoxy) is 1. The molecule has 1 amide bonds. The van der Waals surface area contributed by atoms with Crippen molar-refractivity contribution in [3.8, 4) is 0 Å². The summed E-state index contributed by atoms with van der Waals surface area (Å²) in [6.07, 6.45) is 4.96. The minimum absolute atomic E-state index is 0.00631. The van der Waals surface area contributed by atoms with E-state index in [1.165, 1.54) is 0 Å². The Kier molecular flexibility index (Phi) is 5.98. The third-order valence-electron chi connectivity index (χ3n) is 4.45. The Hall–Kier alpha value is -2.71. The summed E-state index contributed by atoms with van der Waals surface area (Å²) < 4.78 is 4.89. The van der Waals surface area contributed by atoms with Crippen LogP contribution < -0.4 is 10.2 Å². The first-order valence-electron chi connectivity index (χ1n) is 8.87. The lowest BCUT2D eigenvalue weighted by molar-refractivity contribution is -0.135. The van der Waals surface area contributed by atoms with Crippen molar-refractivity contribution in [1.29, 1.82) is 0 Å². The number of nitrogens with one attached hydrogen (secondary N) is 1. The average Bonchev–Trinajstić information content (AvgIpc) is 3.16. The van der Waals surface area contributed by atoms with E-state index in [0.29, 0.717) is 25.5 Å². The molecule has 26 heavy (non-hydrogen) atoms. The van der Waals surface area contributed by atoms with Gasteiger partial charge in [0.2, 0.25) is 11.9 Å². The normalized spacial score (nSPS) is 20.3. The molecule has 1 aromatic rings. The lowest BCUT2D eigenvalue weighted by Gasteiger charge is -2.31. The van der Waals surface area contributed by atoms with Gasteiger partial charge in [0.1, 0.15) is 0 Å². The predicted octanol–water partition coefficient (Wildman–Crippen LogP) is 0.517. The molecule has 0 radical (unpaired) electrons. The van der Waals surface area contributed by atoms with Gasteiger partial charge in [0.05, 0.1) is 13.2 Å². The van der Waals surface area contributed by atoms with Gasteiger partial charge < -0.3 is 19.8 Å². The van der Waals surface area contributed by atoms with Crippen molar-refractivity contribution in [1.82, 2.24) is 15.3 Å². The Morgan fingerprint density at radius 2 is 2.04 bits per heavy atom. The molecule has 0 aliphatic carbocycles. The molecule has 3 rings (SSSR count). The zero-order valence-electron chi connectivity index (χ0n) is 14.8. The van der Waals surface area contributed by atoms with Crippen molar-refractivity contribution in [2.45, 2.75) is 32.3 Å². The summed E-state index contributed by atoms with van der Waals surface area (Å²) in [4.78, 5) is 39.7. The summed E-state index contributed by atoms with van der Waals surface area (Å²) in [5, 5.41) is 6.64. The fourth-order valence-electron chi connectivity index (χ4n) is 3.03. The molecule has 0 bridgehead atoms. The monoisotopic (exact) mass is 361 g/mol. The molecule has 1 atom stereocenters. The van der Waals surface area contributed by atoms with Gasteiger partial charge in [0, 0.05) is 37.8 Å². The van der Waals surface area contributed by atoms with Crippen LogP contribution in [0.15, 0.2) is 23.6 Å². The summed E-state index contributed by atoms with van der Waals surface area (Å²) in [6, 6.07) is 1.78.